The molecule has 5 nitrogen and oxygen atoms in total. The molecule has 1 N–H and O–H groups in total. The van der Waals surface area contributed by atoms with Gasteiger partial charge in [-0.2, -0.15) is 0 Å². The summed E-state index contributed by atoms with van der Waals surface area (Å²) in [5.41, 5.74) is 0.874. The average Bonchev–Trinajstić information content (AvgIpc) is 2.85. The SMILES string of the molecule is COc1ccc(NC(=O)[C@H]2Oc3ccc(Cl)cc3C2=O)cc1. The van der Waals surface area contributed by atoms with Crippen LogP contribution in [-0.2, 0) is 4.79 Å². The van der Waals surface area contributed by atoms with E-state index in [1.807, 2.05) is 0 Å². The Morgan fingerprint density at radius 1 is 1.23 bits per heavy atom. The summed E-state index contributed by atoms with van der Waals surface area (Å²) in [4.78, 5) is 24.4. The van der Waals surface area contributed by atoms with Crippen molar-refractivity contribution in [1.29, 1.82) is 0 Å². The van der Waals surface area contributed by atoms with Crippen molar-refractivity contribution >= 4 is 29.0 Å². The highest BCUT2D eigenvalue weighted by Crippen LogP contribution is 2.31. The molecule has 0 aliphatic carbocycles. The predicted molar refractivity (Wildman–Crippen MR) is 81.8 cm³/mol. The lowest BCUT2D eigenvalue weighted by molar-refractivity contribution is -0.120. The van der Waals surface area contributed by atoms with E-state index in [1.54, 1.807) is 43.5 Å². The van der Waals surface area contributed by atoms with Gasteiger partial charge in [0.1, 0.15) is 11.5 Å². The van der Waals surface area contributed by atoms with Crippen molar-refractivity contribution < 1.29 is 19.1 Å². The zero-order valence-electron chi connectivity index (χ0n) is 11.6. The average molecular weight is 318 g/mol. The molecule has 1 aliphatic rings. The van der Waals surface area contributed by atoms with Crippen molar-refractivity contribution in [1.82, 2.24) is 0 Å². The molecule has 112 valence electrons. The number of halogens is 1. The molecule has 0 unspecified atom stereocenters. The first-order valence-corrected chi connectivity index (χ1v) is 6.91. The lowest BCUT2D eigenvalue weighted by Gasteiger charge is -2.10. The van der Waals surface area contributed by atoms with E-state index >= 15 is 0 Å². The first kappa shape index (κ1) is 14.4. The van der Waals surface area contributed by atoms with Crippen LogP contribution in [0, 0.1) is 0 Å². The summed E-state index contributed by atoms with van der Waals surface area (Å²) in [5.74, 6) is 0.114. The molecule has 0 saturated heterocycles. The molecule has 6 heteroatoms. The fourth-order valence-corrected chi connectivity index (χ4v) is 2.35. The Kier molecular flexibility index (Phi) is 3.73. The summed E-state index contributed by atoms with van der Waals surface area (Å²) >= 11 is 5.85. The van der Waals surface area contributed by atoms with Crippen LogP contribution >= 0.6 is 11.6 Å². The van der Waals surface area contributed by atoms with Crippen molar-refractivity contribution in [2.75, 3.05) is 12.4 Å². The summed E-state index contributed by atoms with van der Waals surface area (Å²) in [6.07, 6.45) is -1.20. The second-order valence-electron chi connectivity index (χ2n) is 4.72. The Hall–Kier alpha value is -2.53. The molecular weight excluding hydrogens is 306 g/mol. The van der Waals surface area contributed by atoms with Crippen molar-refractivity contribution in [3.05, 3.63) is 53.1 Å². The van der Waals surface area contributed by atoms with E-state index in [0.29, 0.717) is 27.8 Å². The third kappa shape index (κ3) is 2.63. The van der Waals surface area contributed by atoms with Crippen LogP contribution in [0.2, 0.25) is 5.02 Å². The molecule has 1 aliphatic heterocycles. The van der Waals surface area contributed by atoms with Gasteiger partial charge in [0.15, 0.2) is 0 Å². The number of ketones is 1. The maximum absolute atomic E-state index is 12.2. The minimum Gasteiger partial charge on any atom is -0.497 e. The first-order chi connectivity index (χ1) is 10.6. The summed E-state index contributed by atoms with van der Waals surface area (Å²) in [5, 5.41) is 3.06. The van der Waals surface area contributed by atoms with E-state index < -0.39 is 17.8 Å². The topological polar surface area (TPSA) is 64.6 Å². The maximum Gasteiger partial charge on any atom is 0.273 e. The lowest BCUT2D eigenvalue weighted by Crippen LogP contribution is -2.35. The van der Waals surface area contributed by atoms with Crippen LogP contribution in [0.15, 0.2) is 42.5 Å². The molecule has 1 amide bonds. The van der Waals surface area contributed by atoms with Crippen LogP contribution in [0.4, 0.5) is 5.69 Å². The number of rotatable bonds is 3. The van der Waals surface area contributed by atoms with Gasteiger partial charge in [0.25, 0.3) is 5.91 Å². The van der Waals surface area contributed by atoms with Crippen LogP contribution in [0.3, 0.4) is 0 Å². The highest BCUT2D eigenvalue weighted by Gasteiger charge is 2.38. The zero-order valence-corrected chi connectivity index (χ0v) is 12.4. The molecule has 0 spiro atoms. The molecule has 0 aromatic heterocycles. The van der Waals surface area contributed by atoms with Crippen LogP contribution in [0.5, 0.6) is 11.5 Å². The summed E-state index contributed by atoms with van der Waals surface area (Å²) in [7, 11) is 1.56. The van der Waals surface area contributed by atoms with Gasteiger partial charge >= 0.3 is 0 Å². The van der Waals surface area contributed by atoms with Gasteiger partial charge in [0.05, 0.1) is 12.7 Å². The van der Waals surface area contributed by atoms with Gasteiger partial charge in [-0.25, -0.2) is 0 Å². The second-order valence-corrected chi connectivity index (χ2v) is 5.16. The molecule has 0 bridgehead atoms. The molecule has 0 fully saturated rings. The summed E-state index contributed by atoms with van der Waals surface area (Å²) in [6, 6.07) is 11.5. The number of nitrogens with one attached hydrogen (secondary N) is 1. The highest BCUT2D eigenvalue weighted by molar-refractivity contribution is 6.31. The molecular formula is C16H12ClNO4. The number of methoxy groups -OCH3 is 1. The van der Waals surface area contributed by atoms with E-state index in [0.717, 1.165) is 0 Å². The van der Waals surface area contributed by atoms with Gasteiger partial charge in [0, 0.05) is 10.7 Å². The third-order valence-corrected chi connectivity index (χ3v) is 3.52. The highest BCUT2D eigenvalue weighted by atomic mass is 35.5. The quantitative estimate of drug-likeness (QED) is 0.884. The minimum absolute atomic E-state index is 0.322. The van der Waals surface area contributed by atoms with Gasteiger partial charge in [-0.15, -0.1) is 0 Å². The smallest absolute Gasteiger partial charge is 0.273 e. The number of fused-ring (bicyclic) bond motifs is 1. The van der Waals surface area contributed by atoms with E-state index in [1.165, 1.54) is 6.07 Å². The van der Waals surface area contributed by atoms with Crippen LogP contribution < -0.4 is 14.8 Å². The number of anilines is 1. The number of Topliss-reactive ketones (excluding diaryl/α,β-unsaturated/α-hetero) is 1. The molecule has 22 heavy (non-hydrogen) atoms. The second kappa shape index (κ2) is 5.69. The number of carbonyl (C=O) groups is 2. The van der Waals surface area contributed by atoms with Gasteiger partial charge in [-0.1, -0.05) is 11.6 Å². The van der Waals surface area contributed by atoms with Crippen molar-refractivity contribution in [3.63, 3.8) is 0 Å². The Bertz CT molecular complexity index is 742. The Morgan fingerprint density at radius 3 is 2.64 bits per heavy atom. The molecule has 0 saturated carbocycles. The number of amides is 1. The predicted octanol–water partition coefficient (Wildman–Crippen LogP) is 2.93. The molecule has 3 rings (SSSR count). The number of carbonyl (C=O) groups excluding carboxylic acids is 2. The maximum atomic E-state index is 12.2. The molecule has 1 atom stereocenters. The molecule has 0 radical (unpaired) electrons. The van der Waals surface area contributed by atoms with E-state index in [-0.39, 0.29) is 0 Å². The van der Waals surface area contributed by atoms with Gasteiger partial charge < -0.3 is 14.8 Å². The van der Waals surface area contributed by atoms with Crippen molar-refractivity contribution in [2.24, 2.45) is 0 Å². The van der Waals surface area contributed by atoms with E-state index in [2.05, 4.69) is 5.32 Å². The Morgan fingerprint density at radius 2 is 1.95 bits per heavy atom. The van der Waals surface area contributed by atoms with Gasteiger partial charge in [-0.3, -0.25) is 9.59 Å². The number of ether oxygens (including phenoxy) is 2. The third-order valence-electron chi connectivity index (χ3n) is 3.29. The summed E-state index contributed by atoms with van der Waals surface area (Å²) < 4.78 is 10.4. The van der Waals surface area contributed by atoms with Crippen LogP contribution in [-0.4, -0.2) is 24.9 Å². The Balaban J connectivity index is 1.75. The fourth-order valence-electron chi connectivity index (χ4n) is 2.17. The number of hydrogen-bond donors (Lipinski definition) is 1. The summed E-state index contributed by atoms with van der Waals surface area (Å²) in [6.45, 7) is 0. The molecule has 2 aromatic carbocycles. The normalized spacial score (nSPS) is 15.9. The monoisotopic (exact) mass is 317 g/mol. The molecule has 2 aromatic rings. The lowest BCUT2D eigenvalue weighted by atomic mass is 10.1. The van der Waals surface area contributed by atoms with Crippen LogP contribution in [0.1, 0.15) is 10.4 Å². The standard InChI is InChI=1S/C16H12ClNO4/c1-21-11-5-3-10(4-6-11)18-16(20)15-14(19)12-8-9(17)2-7-13(12)22-15/h2-8,15H,1H3,(H,18,20)/t15-/m0/s1. The van der Waals surface area contributed by atoms with Crippen molar-refractivity contribution in [2.45, 2.75) is 6.10 Å². The number of hydrogen-bond acceptors (Lipinski definition) is 4. The van der Waals surface area contributed by atoms with Crippen molar-refractivity contribution in [3.8, 4) is 11.5 Å². The molecule has 1 heterocycles. The number of benzene rings is 2. The van der Waals surface area contributed by atoms with Gasteiger partial charge in [-0.05, 0) is 42.5 Å². The zero-order chi connectivity index (χ0) is 15.7. The largest absolute Gasteiger partial charge is 0.497 e. The van der Waals surface area contributed by atoms with E-state index in [9.17, 15) is 9.59 Å². The van der Waals surface area contributed by atoms with Crippen LogP contribution in [0.25, 0.3) is 0 Å². The first-order valence-electron chi connectivity index (χ1n) is 6.54. The Labute approximate surface area is 131 Å². The van der Waals surface area contributed by atoms with Gasteiger partial charge in [0.2, 0.25) is 11.9 Å². The van der Waals surface area contributed by atoms with E-state index in [4.69, 9.17) is 21.1 Å². The minimum atomic E-state index is -1.20. The fraction of sp³-hybridized carbons (Fsp3) is 0.125.